The largest absolute Gasteiger partial charge is 0.491 e. The Kier molecular flexibility index (Phi) is 3.73. The maximum Gasteiger partial charge on any atom is 0.122 e. The Morgan fingerprint density at radius 3 is 2.69 bits per heavy atom. The summed E-state index contributed by atoms with van der Waals surface area (Å²) in [5.41, 5.74) is 1.02. The molecule has 0 saturated heterocycles. The van der Waals surface area contributed by atoms with Gasteiger partial charge in [-0.1, -0.05) is 18.2 Å². The van der Waals surface area contributed by atoms with Gasteiger partial charge in [0.15, 0.2) is 0 Å². The molecule has 0 saturated carbocycles. The Morgan fingerprint density at radius 2 is 2.08 bits per heavy atom. The van der Waals surface area contributed by atoms with Crippen molar-refractivity contribution in [3.05, 3.63) is 29.8 Å². The number of rotatable bonds is 4. The molecule has 0 aliphatic carbocycles. The molecule has 0 spiro atoms. The van der Waals surface area contributed by atoms with Gasteiger partial charge in [-0.05, 0) is 18.6 Å². The number of aliphatic hydroxyl groups excluding tert-OH is 2. The van der Waals surface area contributed by atoms with E-state index in [-0.39, 0.29) is 13.2 Å². The fraction of sp³-hybridized carbons (Fsp3) is 0.400. The van der Waals surface area contributed by atoms with Crippen LogP contribution < -0.4 is 4.74 Å². The first-order valence-electron chi connectivity index (χ1n) is 4.21. The van der Waals surface area contributed by atoms with Crippen LogP contribution in [0.1, 0.15) is 5.56 Å². The molecule has 2 N–H and O–H groups in total. The number of ether oxygens (including phenoxy) is 1. The first-order chi connectivity index (χ1) is 6.24. The van der Waals surface area contributed by atoms with Crippen LogP contribution in [0.4, 0.5) is 0 Å². The summed E-state index contributed by atoms with van der Waals surface area (Å²) in [6.07, 6.45) is -0.806. The van der Waals surface area contributed by atoms with Crippen LogP contribution in [0.3, 0.4) is 0 Å². The summed E-state index contributed by atoms with van der Waals surface area (Å²) >= 11 is 0. The number of aliphatic hydroxyl groups is 2. The number of hydrogen-bond acceptors (Lipinski definition) is 3. The van der Waals surface area contributed by atoms with Crippen molar-refractivity contribution in [2.24, 2.45) is 0 Å². The molecular weight excluding hydrogens is 168 g/mol. The lowest BCUT2D eigenvalue weighted by molar-refractivity contribution is 0.0534. The predicted octanol–water partition coefficient (Wildman–Crippen LogP) is 0.727. The highest BCUT2D eigenvalue weighted by atomic mass is 16.5. The molecule has 1 aromatic rings. The van der Waals surface area contributed by atoms with Crippen LogP contribution in [0, 0.1) is 6.92 Å². The summed E-state index contributed by atoms with van der Waals surface area (Å²) in [6, 6.07) is 7.55. The van der Waals surface area contributed by atoms with Crippen LogP contribution in [-0.4, -0.2) is 29.5 Å². The van der Waals surface area contributed by atoms with Crippen LogP contribution in [-0.2, 0) is 0 Å². The molecule has 0 bridgehead atoms. The number of benzene rings is 1. The fourth-order valence-corrected chi connectivity index (χ4v) is 0.957. The van der Waals surface area contributed by atoms with E-state index >= 15 is 0 Å². The Hall–Kier alpha value is -1.06. The highest BCUT2D eigenvalue weighted by Gasteiger charge is 2.03. The Bertz CT molecular complexity index is 260. The molecule has 0 radical (unpaired) electrons. The fourth-order valence-electron chi connectivity index (χ4n) is 0.957. The van der Waals surface area contributed by atoms with Crippen LogP contribution in [0.2, 0.25) is 0 Å². The summed E-state index contributed by atoms with van der Waals surface area (Å²) in [7, 11) is 0. The van der Waals surface area contributed by atoms with Gasteiger partial charge in [0.1, 0.15) is 18.5 Å². The van der Waals surface area contributed by atoms with Crippen molar-refractivity contribution in [1.82, 2.24) is 0 Å². The summed E-state index contributed by atoms with van der Waals surface area (Å²) in [6.45, 7) is 1.79. The molecule has 72 valence electrons. The SMILES string of the molecule is Cc1ccccc1OC[C@H](O)CO. The van der Waals surface area contributed by atoms with E-state index in [1.807, 2.05) is 31.2 Å². The standard InChI is InChI=1S/C10H14O3/c1-8-4-2-3-5-10(8)13-7-9(12)6-11/h2-5,9,11-12H,6-7H2,1H3/t9-/m1/s1. The molecule has 0 aliphatic heterocycles. The Morgan fingerprint density at radius 1 is 1.38 bits per heavy atom. The lowest BCUT2D eigenvalue weighted by atomic mass is 10.2. The minimum atomic E-state index is -0.806. The second-order valence-corrected chi connectivity index (χ2v) is 2.91. The topological polar surface area (TPSA) is 49.7 Å². The highest BCUT2D eigenvalue weighted by Crippen LogP contribution is 2.15. The van der Waals surface area contributed by atoms with Crippen LogP contribution in [0.25, 0.3) is 0 Å². The van der Waals surface area contributed by atoms with E-state index in [2.05, 4.69) is 0 Å². The third-order valence-corrected chi connectivity index (χ3v) is 1.74. The average molecular weight is 182 g/mol. The lowest BCUT2D eigenvalue weighted by Crippen LogP contribution is -2.21. The second-order valence-electron chi connectivity index (χ2n) is 2.91. The van der Waals surface area contributed by atoms with Gasteiger partial charge in [0.2, 0.25) is 0 Å². The molecule has 1 rings (SSSR count). The van der Waals surface area contributed by atoms with Crippen LogP contribution in [0.15, 0.2) is 24.3 Å². The zero-order valence-electron chi connectivity index (χ0n) is 7.60. The minimum absolute atomic E-state index is 0.126. The van der Waals surface area contributed by atoms with Gasteiger partial charge in [-0.2, -0.15) is 0 Å². The first kappa shape index (κ1) is 10.0. The van der Waals surface area contributed by atoms with E-state index in [9.17, 15) is 0 Å². The van der Waals surface area contributed by atoms with Gasteiger partial charge in [-0.25, -0.2) is 0 Å². The normalized spacial score (nSPS) is 12.5. The molecular formula is C10H14O3. The van der Waals surface area contributed by atoms with Crippen molar-refractivity contribution < 1.29 is 14.9 Å². The minimum Gasteiger partial charge on any atom is -0.491 e. The maximum atomic E-state index is 9.04. The molecule has 0 aromatic heterocycles. The Labute approximate surface area is 77.6 Å². The number of para-hydroxylation sites is 1. The molecule has 0 heterocycles. The van der Waals surface area contributed by atoms with Crippen molar-refractivity contribution in [2.45, 2.75) is 13.0 Å². The molecule has 0 aliphatic rings. The lowest BCUT2D eigenvalue weighted by Gasteiger charge is -2.11. The molecule has 0 unspecified atom stereocenters. The van der Waals surface area contributed by atoms with E-state index in [4.69, 9.17) is 14.9 Å². The quantitative estimate of drug-likeness (QED) is 0.721. The smallest absolute Gasteiger partial charge is 0.122 e. The summed E-state index contributed by atoms with van der Waals surface area (Å²) in [5, 5.41) is 17.6. The molecule has 1 aromatic carbocycles. The predicted molar refractivity (Wildman–Crippen MR) is 49.8 cm³/mol. The van der Waals surface area contributed by atoms with E-state index in [1.165, 1.54) is 0 Å². The van der Waals surface area contributed by atoms with Crippen molar-refractivity contribution >= 4 is 0 Å². The van der Waals surface area contributed by atoms with Crippen LogP contribution in [0.5, 0.6) is 5.75 Å². The highest BCUT2D eigenvalue weighted by molar-refractivity contribution is 5.31. The van der Waals surface area contributed by atoms with E-state index in [0.717, 1.165) is 11.3 Å². The molecule has 3 heteroatoms. The maximum absolute atomic E-state index is 9.04. The van der Waals surface area contributed by atoms with Crippen molar-refractivity contribution in [1.29, 1.82) is 0 Å². The average Bonchev–Trinajstić information content (AvgIpc) is 2.16. The van der Waals surface area contributed by atoms with Gasteiger partial charge < -0.3 is 14.9 Å². The molecule has 1 atom stereocenters. The third-order valence-electron chi connectivity index (χ3n) is 1.74. The second kappa shape index (κ2) is 4.84. The molecule has 13 heavy (non-hydrogen) atoms. The van der Waals surface area contributed by atoms with E-state index in [1.54, 1.807) is 0 Å². The van der Waals surface area contributed by atoms with Gasteiger partial charge >= 0.3 is 0 Å². The zero-order valence-corrected chi connectivity index (χ0v) is 7.60. The third kappa shape index (κ3) is 3.05. The number of aryl methyl sites for hydroxylation is 1. The van der Waals surface area contributed by atoms with Gasteiger partial charge in [0, 0.05) is 0 Å². The Balaban J connectivity index is 2.50. The summed E-state index contributed by atoms with van der Waals surface area (Å²) in [5.74, 6) is 0.745. The molecule has 0 fully saturated rings. The molecule has 3 nitrogen and oxygen atoms in total. The van der Waals surface area contributed by atoms with Gasteiger partial charge in [-0.3, -0.25) is 0 Å². The number of hydrogen-bond donors (Lipinski definition) is 2. The van der Waals surface area contributed by atoms with Crippen molar-refractivity contribution in [3.8, 4) is 5.75 Å². The van der Waals surface area contributed by atoms with E-state index in [0.29, 0.717) is 0 Å². The van der Waals surface area contributed by atoms with Crippen LogP contribution >= 0.6 is 0 Å². The van der Waals surface area contributed by atoms with Gasteiger partial charge in [0.25, 0.3) is 0 Å². The first-order valence-corrected chi connectivity index (χ1v) is 4.21. The summed E-state index contributed by atoms with van der Waals surface area (Å²) < 4.78 is 5.28. The van der Waals surface area contributed by atoms with E-state index < -0.39 is 6.10 Å². The summed E-state index contributed by atoms with van der Waals surface area (Å²) in [4.78, 5) is 0. The monoisotopic (exact) mass is 182 g/mol. The molecule has 0 amide bonds. The van der Waals surface area contributed by atoms with Gasteiger partial charge in [-0.15, -0.1) is 0 Å². The zero-order chi connectivity index (χ0) is 9.68. The van der Waals surface area contributed by atoms with Crippen molar-refractivity contribution in [3.63, 3.8) is 0 Å². The van der Waals surface area contributed by atoms with Gasteiger partial charge in [0.05, 0.1) is 6.61 Å². The van der Waals surface area contributed by atoms with Crippen molar-refractivity contribution in [2.75, 3.05) is 13.2 Å².